The Kier molecular flexibility index (Phi) is 7.03. The molecule has 0 N–H and O–H groups in total. The van der Waals surface area contributed by atoms with Gasteiger partial charge in [-0.15, -0.1) is 0 Å². The Morgan fingerprint density at radius 3 is 1.48 bits per heavy atom. The summed E-state index contributed by atoms with van der Waals surface area (Å²) < 4.78 is 21.1. The van der Waals surface area contributed by atoms with Crippen LogP contribution in [0.3, 0.4) is 0 Å². The van der Waals surface area contributed by atoms with E-state index in [9.17, 15) is 0 Å². The third-order valence-corrected chi connectivity index (χ3v) is 15.0. The normalized spacial score (nSPS) is 12.5. The molecule has 9 heteroatoms. The second-order valence-electron chi connectivity index (χ2n) is 18.6. The van der Waals surface area contributed by atoms with E-state index in [1.807, 2.05) is 0 Å². The first-order valence-corrected chi connectivity index (χ1v) is 24.0. The number of fused-ring (bicyclic) bond motifs is 19. The van der Waals surface area contributed by atoms with Gasteiger partial charge in [-0.05, 0) is 109 Å². The van der Waals surface area contributed by atoms with Crippen molar-refractivity contribution < 1.29 is 4.42 Å². The van der Waals surface area contributed by atoms with Crippen molar-refractivity contribution in [3.8, 4) is 22.7 Å². The van der Waals surface area contributed by atoms with E-state index < -0.39 is 0 Å². The van der Waals surface area contributed by atoms with Crippen molar-refractivity contribution in [1.29, 1.82) is 0 Å². The van der Waals surface area contributed by atoms with E-state index in [1.54, 1.807) is 0 Å². The summed E-state index contributed by atoms with van der Waals surface area (Å²) in [4.78, 5) is 10.5. The second-order valence-corrected chi connectivity index (χ2v) is 18.6. The molecule has 0 amide bonds. The van der Waals surface area contributed by atoms with Crippen molar-refractivity contribution in [3.05, 3.63) is 218 Å². The third kappa shape index (κ3) is 4.78. The first kappa shape index (κ1) is 37.2. The lowest BCUT2D eigenvalue weighted by molar-refractivity contribution is 0.666. The van der Waals surface area contributed by atoms with Crippen LogP contribution >= 0.6 is 0 Å². The Hall–Kier alpha value is -9.86. The molecule has 17 aromatic rings. The zero-order valence-corrected chi connectivity index (χ0v) is 37.8. The van der Waals surface area contributed by atoms with Crippen LogP contribution < -0.4 is 0 Å². The van der Waals surface area contributed by atoms with Crippen LogP contribution in [0.1, 0.15) is 0 Å². The predicted molar refractivity (Wildman–Crippen MR) is 289 cm³/mol. The van der Waals surface area contributed by atoms with Crippen LogP contribution in [-0.4, -0.2) is 37.0 Å². The molecule has 0 fully saturated rings. The number of para-hydroxylation sites is 10. The molecule has 71 heavy (non-hydrogen) atoms. The minimum Gasteiger partial charge on any atom is -0.454 e. The van der Waals surface area contributed by atoms with Crippen molar-refractivity contribution in [2.24, 2.45) is 0 Å². The molecule has 0 aliphatic heterocycles. The summed E-state index contributed by atoms with van der Waals surface area (Å²) in [6, 6.07) is 78.0. The zero-order chi connectivity index (χ0) is 46.1. The highest BCUT2D eigenvalue weighted by Gasteiger charge is 2.25. The maximum atomic E-state index is 7.10. The van der Waals surface area contributed by atoms with Crippen LogP contribution in [0.15, 0.2) is 223 Å². The summed E-state index contributed by atoms with van der Waals surface area (Å²) in [6.07, 6.45) is 0. The Balaban J connectivity index is 0.893. The van der Waals surface area contributed by atoms with Gasteiger partial charge in [0.1, 0.15) is 5.58 Å². The molecule has 0 aliphatic rings. The first-order valence-electron chi connectivity index (χ1n) is 24.0. The number of imidazole rings is 4. The van der Waals surface area contributed by atoms with Crippen molar-refractivity contribution in [2.45, 2.75) is 0 Å². The van der Waals surface area contributed by atoms with Gasteiger partial charge in [-0.2, -0.15) is 0 Å². The van der Waals surface area contributed by atoms with Gasteiger partial charge in [0.15, 0.2) is 5.58 Å². The van der Waals surface area contributed by atoms with Crippen molar-refractivity contribution >= 4 is 121 Å². The van der Waals surface area contributed by atoms with E-state index in [0.29, 0.717) is 0 Å². The number of hydrogen-bond acceptors (Lipinski definition) is 3. The van der Waals surface area contributed by atoms with Gasteiger partial charge in [-0.25, -0.2) is 9.97 Å². The highest BCUT2D eigenvalue weighted by atomic mass is 16.3. The van der Waals surface area contributed by atoms with Gasteiger partial charge in [0.05, 0.1) is 83.0 Å². The maximum Gasteiger partial charge on any atom is 0.220 e. The van der Waals surface area contributed by atoms with Crippen LogP contribution in [0.2, 0.25) is 0 Å². The molecule has 330 valence electrons. The number of hydrogen-bond donors (Lipinski definition) is 0. The van der Waals surface area contributed by atoms with Crippen LogP contribution in [0.4, 0.5) is 0 Å². The Bertz CT molecular complexity index is 5090. The summed E-state index contributed by atoms with van der Waals surface area (Å²) in [6.45, 7) is 0. The standard InChI is InChI=1S/C62H36N8O/c1-6-21-46-39(15-1)40-16-2-7-22-47(40)65(46)38-32-34-54-57(36-38)69-51-25-10-5-20-45(51)64-62(69)70(54)55-28-14-30-58-59(55)42-18-13-29-56(60(42)71-58)67-48-23-8-3-17-41(48)43-35-37(31-33-49(43)67)66-52-26-11-12-27-53(52)68-50-24-9-4-19-44(50)63-61(66)68/h1-36H. The van der Waals surface area contributed by atoms with E-state index in [-0.39, 0.29) is 0 Å². The Morgan fingerprint density at radius 2 is 0.775 bits per heavy atom. The van der Waals surface area contributed by atoms with Gasteiger partial charge in [0, 0.05) is 38.3 Å². The molecular weight excluding hydrogens is 873 g/mol. The minimum absolute atomic E-state index is 0.807. The summed E-state index contributed by atoms with van der Waals surface area (Å²) in [5.74, 6) is 1.73. The summed E-state index contributed by atoms with van der Waals surface area (Å²) in [5.41, 5.74) is 18.7. The minimum atomic E-state index is 0.807. The first-order chi connectivity index (χ1) is 35.2. The maximum absolute atomic E-state index is 7.10. The highest BCUT2D eigenvalue weighted by Crippen LogP contribution is 2.43. The second kappa shape index (κ2) is 13.4. The molecule has 0 saturated heterocycles. The summed E-state index contributed by atoms with van der Waals surface area (Å²) in [7, 11) is 0. The van der Waals surface area contributed by atoms with Crippen LogP contribution in [-0.2, 0) is 0 Å². The molecule has 0 radical (unpaired) electrons. The largest absolute Gasteiger partial charge is 0.454 e. The predicted octanol–water partition coefficient (Wildman–Crippen LogP) is 15.3. The molecule has 17 rings (SSSR count). The Morgan fingerprint density at radius 1 is 0.296 bits per heavy atom. The quantitative estimate of drug-likeness (QED) is 0.177. The number of benzene rings is 10. The SMILES string of the molecule is c1ccc2c(c1)nc1n(-c3ccc4c(c3)c3ccccc3n4-c3cccc4c3oc3cccc(-n5c6ccc(-n7c8ccccc8c8ccccc87)cc6n6c7ccccc7nc56)c34)c3ccccc3n21. The van der Waals surface area contributed by atoms with Crippen molar-refractivity contribution in [2.75, 3.05) is 0 Å². The smallest absolute Gasteiger partial charge is 0.220 e. The topological polar surface area (TPSA) is 67.5 Å². The average molecular weight is 909 g/mol. The molecule has 0 aliphatic carbocycles. The van der Waals surface area contributed by atoms with Crippen molar-refractivity contribution in [1.82, 2.24) is 37.0 Å². The zero-order valence-electron chi connectivity index (χ0n) is 37.8. The number of rotatable bonds is 4. The van der Waals surface area contributed by atoms with Gasteiger partial charge in [0.2, 0.25) is 11.6 Å². The van der Waals surface area contributed by atoms with Gasteiger partial charge in [0.25, 0.3) is 0 Å². The van der Waals surface area contributed by atoms with E-state index in [0.717, 1.165) is 122 Å². The van der Waals surface area contributed by atoms with E-state index >= 15 is 0 Å². The highest BCUT2D eigenvalue weighted by molar-refractivity contribution is 6.16. The van der Waals surface area contributed by atoms with Gasteiger partial charge >= 0.3 is 0 Å². The molecule has 9 nitrogen and oxygen atoms in total. The fourth-order valence-corrected chi connectivity index (χ4v) is 12.1. The van der Waals surface area contributed by atoms with E-state index in [1.165, 1.54) is 21.8 Å². The molecule has 7 heterocycles. The average Bonchev–Trinajstić information content (AvgIpc) is 4.30. The molecule has 10 aromatic carbocycles. The van der Waals surface area contributed by atoms with E-state index in [4.69, 9.17) is 14.4 Å². The fraction of sp³-hybridized carbons (Fsp3) is 0. The molecule has 7 aromatic heterocycles. The molecule has 0 unspecified atom stereocenters. The van der Waals surface area contributed by atoms with Crippen LogP contribution in [0.25, 0.3) is 144 Å². The summed E-state index contributed by atoms with van der Waals surface area (Å²) >= 11 is 0. The van der Waals surface area contributed by atoms with E-state index in [2.05, 4.69) is 245 Å². The van der Waals surface area contributed by atoms with Crippen molar-refractivity contribution in [3.63, 3.8) is 0 Å². The number of aromatic nitrogens is 8. The van der Waals surface area contributed by atoms with Gasteiger partial charge in [-0.3, -0.25) is 17.9 Å². The van der Waals surface area contributed by atoms with Gasteiger partial charge in [-0.1, -0.05) is 109 Å². The molecule has 0 bridgehead atoms. The molecule has 0 saturated carbocycles. The van der Waals surface area contributed by atoms with Crippen LogP contribution in [0, 0.1) is 0 Å². The molecule has 0 spiro atoms. The lowest BCUT2D eigenvalue weighted by Crippen LogP contribution is -1.97. The number of furan rings is 1. The third-order valence-electron chi connectivity index (χ3n) is 15.0. The van der Waals surface area contributed by atoms with Crippen LogP contribution in [0.5, 0.6) is 0 Å². The van der Waals surface area contributed by atoms with Gasteiger partial charge < -0.3 is 13.6 Å². The molecule has 0 atom stereocenters. The monoisotopic (exact) mass is 908 g/mol. The fourth-order valence-electron chi connectivity index (χ4n) is 12.1. The summed E-state index contributed by atoms with van der Waals surface area (Å²) in [5, 5.41) is 6.83. The Labute approximate surface area is 402 Å². The number of nitrogens with zero attached hydrogens (tertiary/aromatic N) is 8. The lowest BCUT2D eigenvalue weighted by Gasteiger charge is -2.11. The lowest BCUT2D eigenvalue weighted by atomic mass is 10.1. The molecular formula is C62H36N8O.